The first kappa shape index (κ1) is 18.3. The third kappa shape index (κ3) is 3.28. The summed E-state index contributed by atoms with van der Waals surface area (Å²) in [5, 5.41) is 20.3. The van der Waals surface area contributed by atoms with Gasteiger partial charge in [0, 0.05) is 12.2 Å². The van der Waals surface area contributed by atoms with E-state index in [0.717, 1.165) is 19.0 Å². The van der Waals surface area contributed by atoms with E-state index >= 15 is 0 Å². The Morgan fingerprint density at radius 1 is 1.29 bits per heavy atom. The summed E-state index contributed by atoms with van der Waals surface area (Å²) in [6.07, 6.45) is 4.53. The molecular weight excluding hydrogens is 363 g/mol. The van der Waals surface area contributed by atoms with Crippen molar-refractivity contribution in [1.82, 2.24) is 25.1 Å². The molecule has 1 aliphatic carbocycles. The maximum Gasteiger partial charge on any atom is 0.308 e. The lowest BCUT2D eigenvalue weighted by molar-refractivity contribution is -0.145. The van der Waals surface area contributed by atoms with Crippen LogP contribution < -0.4 is 5.32 Å². The topological polar surface area (TPSA) is 117 Å². The monoisotopic (exact) mass is 384 g/mol. The van der Waals surface area contributed by atoms with Crippen LogP contribution in [0.2, 0.25) is 0 Å². The number of fused-ring (bicyclic) bond motifs is 1. The molecule has 0 aromatic carbocycles. The van der Waals surface area contributed by atoms with E-state index in [1.165, 1.54) is 6.07 Å². The molecule has 3 aromatic heterocycles. The number of nitrogens with one attached hydrogen (secondary N) is 2. The minimum absolute atomic E-state index is 0.0816. The van der Waals surface area contributed by atoms with Crippen molar-refractivity contribution in [1.29, 1.82) is 0 Å². The number of aliphatic carboxylic acids is 1. The van der Waals surface area contributed by atoms with E-state index in [0.29, 0.717) is 28.4 Å². The van der Waals surface area contributed by atoms with Gasteiger partial charge in [0.15, 0.2) is 11.5 Å². The summed E-state index contributed by atoms with van der Waals surface area (Å²) < 4.78 is 13.6. The first-order valence-electron chi connectivity index (χ1n) is 9.26. The first-order chi connectivity index (χ1) is 13.4. The van der Waals surface area contributed by atoms with Crippen LogP contribution in [0.25, 0.3) is 22.6 Å². The lowest BCUT2D eigenvalue weighted by atomic mass is 9.71. The third-order valence-corrected chi connectivity index (χ3v) is 5.55. The van der Waals surface area contributed by atoms with Crippen LogP contribution in [0.1, 0.15) is 26.7 Å². The van der Waals surface area contributed by atoms with Gasteiger partial charge in [-0.15, -0.1) is 0 Å². The summed E-state index contributed by atoms with van der Waals surface area (Å²) in [4.78, 5) is 24.5. The van der Waals surface area contributed by atoms with Crippen molar-refractivity contribution in [2.24, 2.45) is 17.8 Å². The molecule has 1 fully saturated rings. The second-order valence-electron chi connectivity index (χ2n) is 7.45. The molecule has 0 saturated heterocycles. The fraction of sp³-hybridized carbons (Fsp3) is 0.421. The van der Waals surface area contributed by atoms with Crippen LogP contribution in [0.15, 0.2) is 24.5 Å². The standard InChI is InChI=1S/C19H21FN6O2/c1-9-3-4-10(2)15(14(9)19(27)28)23-13-5-6-21-18(24-13)16-12-7-11(20)8-22-17(12)26-25-16/h5-10,14-15H,3-4H2,1-2H3,(H,27,28)(H,21,23,24)(H,22,25,26). The molecule has 146 valence electrons. The number of carboxylic acid groups (broad SMARTS) is 1. The fourth-order valence-electron chi connectivity index (χ4n) is 4.00. The number of rotatable bonds is 4. The van der Waals surface area contributed by atoms with E-state index in [-0.39, 0.29) is 17.9 Å². The minimum atomic E-state index is -0.799. The van der Waals surface area contributed by atoms with Gasteiger partial charge in [0.2, 0.25) is 0 Å². The summed E-state index contributed by atoms with van der Waals surface area (Å²) >= 11 is 0. The quantitative estimate of drug-likeness (QED) is 0.633. The van der Waals surface area contributed by atoms with Crippen LogP contribution in [-0.4, -0.2) is 42.3 Å². The summed E-state index contributed by atoms with van der Waals surface area (Å²) in [6.45, 7) is 4.03. The predicted octanol–water partition coefficient (Wildman–Crippen LogP) is 3.10. The molecule has 4 rings (SSSR count). The van der Waals surface area contributed by atoms with E-state index in [1.54, 1.807) is 12.3 Å². The van der Waals surface area contributed by atoms with Crippen molar-refractivity contribution in [3.8, 4) is 11.5 Å². The second-order valence-corrected chi connectivity index (χ2v) is 7.45. The van der Waals surface area contributed by atoms with Gasteiger partial charge in [-0.3, -0.25) is 9.89 Å². The Morgan fingerprint density at radius 2 is 2.07 bits per heavy atom. The van der Waals surface area contributed by atoms with Crippen LogP contribution in [0, 0.1) is 23.6 Å². The molecule has 9 heteroatoms. The van der Waals surface area contributed by atoms with Crippen LogP contribution in [0.3, 0.4) is 0 Å². The van der Waals surface area contributed by atoms with Crippen molar-refractivity contribution < 1.29 is 14.3 Å². The molecule has 4 unspecified atom stereocenters. The van der Waals surface area contributed by atoms with Gasteiger partial charge in [-0.05, 0) is 36.8 Å². The number of anilines is 1. The number of aromatic amines is 1. The highest BCUT2D eigenvalue weighted by Crippen LogP contribution is 2.36. The summed E-state index contributed by atoms with van der Waals surface area (Å²) in [6, 6.07) is 2.79. The summed E-state index contributed by atoms with van der Waals surface area (Å²) in [5.41, 5.74) is 0.838. The maximum absolute atomic E-state index is 13.6. The van der Waals surface area contributed by atoms with Gasteiger partial charge in [0.25, 0.3) is 0 Å². The van der Waals surface area contributed by atoms with Gasteiger partial charge in [0.1, 0.15) is 17.3 Å². The highest BCUT2D eigenvalue weighted by Gasteiger charge is 2.40. The van der Waals surface area contributed by atoms with Crippen molar-refractivity contribution in [2.45, 2.75) is 32.7 Å². The van der Waals surface area contributed by atoms with E-state index in [2.05, 4.69) is 37.4 Å². The number of halogens is 1. The minimum Gasteiger partial charge on any atom is -0.481 e. The molecule has 1 saturated carbocycles. The van der Waals surface area contributed by atoms with E-state index < -0.39 is 17.7 Å². The van der Waals surface area contributed by atoms with Gasteiger partial charge in [-0.2, -0.15) is 5.10 Å². The van der Waals surface area contributed by atoms with Crippen molar-refractivity contribution in [3.63, 3.8) is 0 Å². The van der Waals surface area contributed by atoms with Gasteiger partial charge in [0.05, 0.1) is 17.5 Å². The number of H-pyrrole nitrogens is 1. The SMILES string of the molecule is CC1CCC(C)C(C(=O)O)C1Nc1ccnc(-c2[nH]nc3ncc(F)cc23)n1. The molecule has 0 aliphatic heterocycles. The zero-order valence-corrected chi connectivity index (χ0v) is 15.6. The molecule has 3 heterocycles. The maximum atomic E-state index is 13.6. The Hall–Kier alpha value is -3.10. The number of pyridine rings is 1. The summed E-state index contributed by atoms with van der Waals surface area (Å²) in [7, 11) is 0. The Bertz CT molecular complexity index is 1020. The first-order valence-corrected chi connectivity index (χ1v) is 9.26. The Labute approximate surface area is 160 Å². The Kier molecular flexibility index (Phi) is 4.66. The Balaban J connectivity index is 1.67. The molecule has 0 bridgehead atoms. The molecule has 4 atom stereocenters. The average Bonchev–Trinajstić information content (AvgIpc) is 3.07. The molecule has 0 amide bonds. The number of hydrogen-bond donors (Lipinski definition) is 3. The molecule has 28 heavy (non-hydrogen) atoms. The molecule has 0 spiro atoms. The molecule has 3 N–H and O–H groups in total. The molecular formula is C19H21FN6O2. The fourth-order valence-corrected chi connectivity index (χ4v) is 4.00. The van der Waals surface area contributed by atoms with Crippen molar-refractivity contribution in [2.75, 3.05) is 5.32 Å². The molecule has 3 aromatic rings. The lowest BCUT2D eigenvalue weighted by Gasteiger charge is -2.39. The zero-order valence-electron chi connectivity index (χ0n) is 15.6. The number of nitrogens with zero attached hydrogens (tertiary/aromatic N) is 4. The molecule has 8 nitrogen and oxygen atoms in total. The van der Waals surface area contributed by atoms with Gasteiger partial charge < -0.3 is 10.4 Å². The largest absolute Gasteiger partial charge is 0.481 e. The van der Waals surface area contributed by atoms with Crippen molar-refractivity contribution in [3.05, 3.63) is 30.3 Å². The van der Waals surface area contributed by atoms with E-state index in [4.69, 9.17) is 0 Å². The van der Waals surface area contributed by atoms with Crippen LogP contribution in [0.5, 0.6) is 0 Å². The Morgan fingerprint density at radius 3 is 2.86 bits per heavy atom. The summed E-state index contributed by atoms with van der Waals surface area (Å²) in [5.74, 6) is -0.628. The number of carbonyl (C=O) groups is 1. The van der Waals surface area contributed by atoms with Crippen molar-refractivity contribution >= 4 is 22.8 Å². The molecule has 0 radical (unpaired) electrons. The van der Waals surface area contributed by atoms with Gasteiger partial charge in [-0.1, -0.05) is 13.8 Å². The zero-order chi connectivity index (χ0) is 19.8. The highest BCUT2D eigenvalue weighted by atomic mass is 19.1. The average molecular weight is 384 g/mol. The van der Waals surface area contributed by atoms with E-state index in [1.807, 2.05) is 6.92 Å². The van der Waals surface area contributed by atoms with Gasteiger partial charge >= 0.3 is 5.97 Å². The predicted molar refractivity (Wildman–Crippen MR) is 101 cm³/mol. The van der Waals surface area contributed by atoms with E-state index in [9.17, 15) is 14.3 Å². The normalized spacial score (nSPS) is 25.0. The highest BCUT2D eigenvalue weighted by molar-refractivity contribution is 5.88. The third-order valence-electron chi connectivity index (χ3n) is 5.55. The van der Waals surface area contributed by atoms with Crippen LogP contribution >= 0.6 is 0 Å². The van der Waals surface area contributed by atoms with Gasteiger partial charge in [-0.25, -0.2) is 19.3 Å². The van der Waals surface area contributed by atoms with Crippen LogP contribution in [-0.2, 0) is 4.79 Å². The second kappa shape index (κ2) is 7.14. The number of aromatic nitrogens is 5. The smallest absolute Gasteiger partial charge is 0.308 e. The molecule has 1 aliphatic rings. The lowest BCUT2D eigenvalue weighted by Crippen LogP contribution is -2.46. The number of hydrogen-bond acceptors (Lipinski definition) is 6. The van der Waals surface area contributed by atoms with Crippen LogP contribution in [0.4, 0.5) is 10.2 Å². The number of carboxylic acids is 1.